The van der Waals surface area contributed by atoms with Gasteiger partial charge in [-0.25, -0.2) is 4.98 Å². The van der Waals surface area contributed by atoms with Crippen molar-refractivity contribution in [2.45, 2.75) is 19.6 Å². The summed E-state index contributed by atoms with van der Waals surface area (Å²) in [5.74, 6) is 0.515. The summed E-state index contributed by atoms with van der Waals surface area (Å²) < 4.78 is 12.6. The summed E-state index contributed by atoms with van der Waals surface area (Å²) in [5, 5.41) is 1.84. The van der Waals surface area contributed by atoms with Crippen LogP contribution in [0.4, 0.5) is 0 Å². The Morgan fingerprint density at radius 1 is 1.45 bits per heavy atom. The lowest BCUT2D eigenvalue weighted by Gasteiger charge is -2.19. The Kier molecular flexibility index (Phi) is 5.77. The first kappa shape index (κ1) is 16.1. The van der Waals surface area contributed by atoms with Crippen molar-refractivity contribution in [1.29, 1.82) is 0 Å². The molecular weight excluding hydrogens is 335 g/mol. The molecule has 0 atom stereocenters. The molecule has 0 aliphatic rings. The van der Waals surface area contributed by atoms with Gasteiger partial charge < -0.3 is 9.05 Å². The van der Waals surface area contributed by atoms with Gasteiger partial charge in [-0.3, -0.25) is 9.20 Å². The first-order valence-electron chi connectivity index (χ1n) is 6.07. The third-order valence-corrected chi connectivity index (χ3v) is 8.50. The zero-order valence-electron chi connectivity index (χ0n) is 11.1. The van der Waals surface area contributed by atoms with E-state index in [1.54, 1.807) is 6.20 Å². The van der Waals surface area contributed by atoms with E-state index in [1.807, 2.05) is 19.2 Å². The van der Waals surface area contributed by atoms with Crippen LogP contribution in [0.25, 0.3) is 4.96 Å². The summed E-state index contributed by atoms with van der Waals surface area (Å²) in [6.07, 6.45) is 1.72. The van der Waals surface area contributed by atoms with Gasteiger partial charge >= 0.3 is 0 Å². The van der Waals surface area contributed by atoms with Gasteiger partial charge in [-0.1, -0.05) is 11.4 Å². The molecule has 110 valence electrons. The number of aromatic nitrogens is 2. The fraction of sp³-hybridized carbons (Fsp3) is 0.455. The third-order valence-electron chi connectivity index (χ3n) is 2.30. The molecule has 0 aliphatic heterocycles. The molecule has 0 radical (unpaired) electrons. The Bertz CT molecular complexity index is 675. The molecule has 9 heteroatoms. The average molecular weight is 350 g/mol. The van der Waals surface area contributed by atoms with Crippen molar-refractivity contribution >= 4 is 45.2 Å². The third kappa shape index (κ3) is 3.90. The van der Waals surface area contributed by atoms with Crippen molar-refractivity contribution in [3.05, 3.63) is 33.7 Å². The molecule has 0 N–H and O–H groups in total. The molecule has 5 nitrogen and oxygen atoms in total. The highest BCUT2D eigenvalue weighted by molar-refractivity contribution is 8.67. The molecule has 0 spiro atoms. The molecule has 0 amide bonds. The van der Waals surface area contributed by atoms with E-state index in [-0.39, 0.29) is 5.56 Å². The second-order valence-corrected chi connectivity index (χ2v) is 10.9. The molecule has 2 aromatic heterocycles. The second kappa shape index (κ2) is 7.15. The molecule has 20 heavy (non-hydrogen) atoms. The maximum absolute atomic E-state index is 11.9. The molecule has 0 aromatic carbocycles. The SMILES string of the molecule is CCOP(=S)(OCC)SCc1cc(=O)n2ccsc2n1. The molecule has 0 unspecified atom stereocenters. The van der Waals surface area contributed by atoms with E-state index < -0.39 is 5.69 Å². The van der Waals surface area contributed by atoms with Crippen LogP contribution in [0.2, 0.25) is 0 Å². The van der Waals surface area contributed by atoms with E-state index in [1.165, 1.54) is 33.2 Å². The Hall–Kier alpha value is -0.240. The van der Waals surface area contributed by atoms with Crippen molar-refractivity contribution in [3.63, 3.8) is 0 Å². The standard InChI is InChI=1S/C11H15N2O3PS3/c1-3-15-17(18,16-4-2)20-8-9-7-10(14)13-5-6-19-11(13)12-9/h5-7H,3-4,8H2,1-2H3. The van der Waals surface area contributed by atoms with Gasteiger partial charge in [0, 0.05) is 23.4 Å². The van der Waals surface area contributed by atoms with Crippen LogP contribution in [0.3, 0.4) is 0 Å². The first-order chi connectivity index (χ1) is 9.58. The lowest BCUT2D eigenvalue weighted by molar-refractivity contribution is 0.280. The number of hydrogen-bond donors (Lipinski definition) is 0. The molecule has 2 aromatic rings. The van der Waals surface area contributed by atoms with Gasteiger partial charge in [-0.05, 0) is 25.7 Å². The molecule has 0 aliphatic carbocycles. The van der Waals surface area contributed by atoms with Gasteiger partial charge in [-0.2, -0.15) is 0 Å². The maximum atomic E-state index is 11.9. The Morgan fingerprint density at radius 2 is 2.15 bits per heavy atom. The molecular formula is C11H15N2O3PS3. The van der Waals surface area contributed by atoms with Crippen LogP contribution in [-0.4, -0.2) is 22.6 Å². The predicted octanol–water partition coefficient (Wildman–Crippen LogP) is 3.29. The zero-order chi connectivity index (χ0) is 14.6. The van der Waals surface area contributed by atoms with Gasteiger partial charge in [0.2, 0.25) is 5.69 Å². The minimum absolute atomic E-state index is 0.0760. The van der Waals surface area contributed by atoms with Crippen LogP contribution in [0, 0.1) is 0 Å². The summed E-state index contributed by atoms with van der Waals surface area (Å²) in [4.78, 5) is 17.0. The molecule has 0 saturated heterocycles. The van der Waals surface area contributed by atoms with E-state index in [9.17, 15) is 4.79 Å². The van der Waals surface area contributed by atoms with E-state index in [2.05, 4.69) is 4.98 Å². The van der Waals surface area contributed by atoms with Gasteiger partial charge in [0.15, 0.2) is 4.96 Å². The molecule has 2 rings (SSSR count). The van der Waals surface area contributed by atoms with Crippen LogP contribution < -0.4 is 5.56 Å². The molecule has 2 heterocycles. The first-order valence-corrected chi connectivity index (χ1v) is 11.2. The molecule has 0 fully saturated rings. The Labute approximate surface area is 130 Å². The summed E-state index contributed by atoms with van der Waals surface area (Å²) >= 11 is 8.29. The average Bonchev–Trinajstić information content (AvgIpc) is 2.86. The minimum atomic E-state index is -2.34. The number of fused-ring (bicyclic) bond motifs is 1. The van der Waals surface area contributed by atoms with Crippen LogP contribution in [0.5, 0.6) is 0 Å². The Balaban J connectivity index is 2.15. The summed E-state index contributed by atoms with van der Waals surface area (Å²) in [6, 6.07) is 1.53. The number of nitrogens with zero attached hydrogens (tertiary/aromatic N) is 2. The highest BCUT2D eigenvalue weighted by atomic mass is 32.9. The minimum Gasteiger partial charge on any atom is -0.322 e. The number of thiazole rings is 1. The lowest BCUT2D eigenvalue weighted by atomic mass is 10.4. The normalized spacial score (nSPS) is 12.1. The van der Waals surface area contributed by atoms with Crippen LogP contribution in [0.1, 0.15) is 19.5 Å². The van der Waals surface area contributed by atoms with Crippen molar-refractivity contribution in [1.82, 2.24) is 9.38 Å². The number of rotatable bonds is 7. The van der Waals surface area contributed by atoms with Gasteiger partial charge in [0.25, 0.3) is 5.56 Å². The maximum Gasteiger partial charge on any atom is 0.258 e. The zero-order valence-corrected chi connectivity index (χ0v) is 14.5. The summed E-state index contributed by atoms with van der Waals surface area (Å²) in [6.45, 7) is 4.82. The van der Waals surface area contributed by atoms with E-state index >= 15 is 0 Å². The van der Waals surface area contributed by atoms with Crippen LogP contribution in [-0.2, 0) is 26.6 Å². The van der Waals surface area contributed by atoms with E-state index in [0.717, 1.165) is 0 Å². The Morgan fingerprint density at radius 3 is 2.80 bits per heavy atom. The van der Waals surface area contributed by atoms with Crippen molar-refractivity contribution in [3.8, 4) is 0 Å². The quantitative estimate of drug-likeness (QED) is 0.714. The monoisotopic (exact) mass is 350 g/mol. The largest absolute Gasteiger partial charge is 0.322 e. The van der Waals surface area contributed by atoms with Crippen LogP contribution in [0.15, 0.2) is 22.4 Å². The topological polar surface area (TPSA) is 52.8 Å². The highest BCUT2D eigenvalue weighted by Crippen LogP contribution is 2.61. The number of hydrogen-bond acceptors (Lipinski definition) is 7. The fourth-order valence-corrected chi connectivity index (χ4v) is 6.63. The molecule has 0 saturated carbocycles. The smallest absolute Gasteiger partial charge is 0.258 e. The van der Waals surface area contributed by atoms with Gasteiger partial charge in [0.1, 0.15) is 0 Å². The van der Waals surface area contributed by atoms with Crippen molar-refractivity contribution in [2.24, 2.45) is 0 Å². The second-order valence-electron chi connectivity index (χ2n) is 3.70. The van der Waals surface area contributed by atoms with Crippen molar-refractivity contribution < 1.29 is 9.05 Å². The molecule has 0 bridgehead atoms. The lowest BCUT2D eigenvalue weighted by Crippen LogP contribution is -2.12. The van der Waals surface area contributed by atoms with Crippen molar-refractivity contribution in [2.75, 3.05) is 13.2 Å². The highest BCUT2D eigenvalue weighted by Gasteiger charge is 2.19. The fourth-order valence-electron chi connectivity index (χ4n) is 1.53. The van der Waals surface area contributed by atoms with Gasteiger partial charge in [0.05, 0.1) is 18.9 Å². The van der Waals surface area contributed by atoms with E-state index in [0.29, 0.717) is 29.6 Å². The predicted molar refractivity (Wildman–Crippen MR) is 88.2 cm³/mol. The summed E-state index contributed by atoms with van der Waals surface area (Å²) in [7, 11) is 0. The van der Waals surface area contributed by atoms with Crippen LogP contribution >= 0.6 is 28.4 Å². The summed E-state index contributed by atoms with van der Waals surface area (Å²) in [5.41, 5.74) is -1.71. The van der Waals surface area contributed by atoms with E-state index in [4.69, 9.17) is 20.9 Å². The van der Waals surface area contributed by atoms with Gasteiger partial charge in [-0.15, -0.1) is 11.3 Å².